The Hall–Kier alpha value is -0.0400. The van der Waals surface area contributed by atoms with E-state index in [-0.39, 0.29) is 0 Å². The molecule has 2 N–H and O–H groups in total. The molecule has 2 aliphatic carbocycles. The Morgan fingerprint density at radius 1 is 1.30 bits per heavy atom. The molecule has 1 heteroatoms. The lowest BCUT2D eigenvalue weighted by Crippen LogP contribution is -2.29. The van der Waals surface area contributed by atoms with Crippen molar-refractivity contribution < 1.29 is 0 Å². The molecule has 0 aromatic carbocycles. The van der Waals surface area contributed by atoms with Crippen LogP contribution in [0.5, 0.6) is 0 Å². The first-order chi connectivity index (χ1) is 4.51. The number of hydrogen-bond donors (Lipinski definition) is 1. The zero-order chi connectivity index (χ0) is 7.57. The molecule has 2 fully saturated rings. The summed E-state index contributed by atoms with van der Waals surface area (Å²) in [5.74, 6) is 0.938. The van der Waals surface area contributed by atoms with Crippen molar-refractivity contribution in [3.8, 4) is 0 Å². The Morgan fingerprint density at radius 2 is 1.70 bits per heavy atom. The van der Waals surface area contributed by atoms with E-state index in [1.54, 1.807) is 0 Å². The van der Waals surface area contributed by atoms with Crippen LogP contribution in [0.25, 0.3) is 0 Å². The number of rotatable bonds is 0. The van der Waals surface area contributed by atoms with Crippen LogP contribution in [0.3, 0.4) is 0 Å². The van der Waals surface area contributed by atoms with Crippen molar-refractivity contribution in [1.29, 1.82) is 0 Å². The van der Waals surface area contributed by atoms with E-state index in [9.17, 15) is 0 Å². The summed E-state index contributed by atoms with van der Waals surface area (Å²) >= 11 is 0. The third kappa shape index (κ3) is 0.460. The molecule has 2 aliphatic rings. The number of nitrogens with two attached hydrogens (primary N) is 1. The van der Waals surface area contributed by atoms with E-state index in [0.29, 0.717) is 16.9 Å². The summed E-state index contributed by atoms with van der Waals surface area (Å²) in [5.41, 5.74) is 7.04. The average molecular weight is 139 g/mol. The first kappa shape index (κ1) is 6.66. The van der Waals surface area contributed by atoms with Crippen molar-refractivity contribution in [2.45, 2.75) is 39.7 Å². The van der Waals surface area contributed by atoms with Crippen LogP contribution in [-0.2, 0) is 0 Å². The maximum absolute atomic E-state index is 6.00. The van der Waals surface area contributed by atoms with Gasteiger partial charge in [0.05, 0.1) is 0 Å². The summed E-state index contributed by atoms with van der Waals surface area (Å²) in [6.07, 6.45) is 2.75. The van der Waals surface area contributed by atoms with Gasteiger partial charge in [-0.15, -0.1) is 0 Å². The maximum Gasteiger partial charge on any atom is 0.0159 e. The molecule has 58 valence electrons. The van der Waals surface area contributed by atoms with E-state index in [4.69, 9.17) is 5.73 Å². The van der Waals surface area contributed by atoms with Crippen molar-refractivity contribution in [3.05, 3.63) is 0 Å². The lowest BCUT2D eigenvalue weighted by atomic mass is 9.69. The molecule has 1 spiro atoms. The Morgan fingerprint density at radius 3 is 1.80 bits per heavy atom. The van der Waals surface area contributed by atoms with Crippen LogP contribution in [0, 0.1) is 16.7 Å². The topological polar surface area (TPSA) is 26.0 Å². The van der Waals surface area contributed by atoms with Gasteiger partial charge in [0.15, 0.2) is 0 Å². The highest BCUT2D eigenvalue weighted by Crippen LogP contribution is 2.73. The normalized spacial score (nSPS) is 56.4. The average Bonchev–Trinajstić information content (AvgIpc) is 2.13. The second kappa shape index (κ2) is 1.42. The molecule has 1 unspecified atom stereocenters. The highest BCUT2D eigenvalue weighted by molar-refractivity contribution is 5.25. The van der Waals surface area contributed by atoms with E-state index in [2.05, 4.69) is 20.8 Å². The van der Waals surface area contributed by atoms with Crippen molar-refractivity contribution in [2.75, 3.05) is 0 Å². The molecule has 0 radical (unpaired) electrons. The van der Waals surface area contributed by atoms with Crippen LogP contribution in [0.2, 0.25) is 0 Å². The van der Waals surface area contributed by atoms with Crippen LogP contribution in [-0.4, -0.2) is 6.04 Å². The van der Waals surface area contributed by atoms with Gasteiger partial charge >= 0.3 is 0 Å². The van der Waals surface area contributed by atoms with E-state index < -0.39 is 0 Å². The summed E-state index contributed by atoms with van der Waals surface area (Å²) in [5, 5.41) is 0. The molecule has 1 nitrogen and oxygen atoms in total. The minimum Gasteiger partial charge on any atom is -0.327 e. The summed E-state index contributed by atoms with van der Waals surface area (Å²) in [7, 11) is 0. The third-order valence-corrected chi connectivity index (χ3v) is 4.00. The molecule has 0 aromatic heterocycles. The minimum absolute atomic E-state index is 0.458. The Labute approximate surface area is 63.0 Å². The number of hydrogen-bond acceptors (Lipinski definition) is 1. The molecular weight excluding hydrogens is 122 g/mol. The largest absolute Gasteiger partial charge is 0.327 e. The summed E-state index contributed by atoms with van der Waals surface area (Å²) in [6.45, 7) is 6.94. The molecule has 0 aromatic rings. The van der Waals surface area contributed by atoms with Crippen molar-refractivity contribution >= 4 is 0 Å². The molecule has 0 amide bonds. The van der Waals surface area contributed by atoms with Crippen LogP contribution in [0.15, 0.2) is 0 Å². The molecule has 0 aliphatic heterocycles. The second-order valence-corrected chi connectivity index (χ2v) is 4.87. The first-order valence-corrected chi connectivity index (χ1v) is 4.26. The predicted octanol–water partition coefficient (Wildman–Crippen LogP) is 1.77. The molecule has 0 heterocycles. The smallest absolute Gasteiger partial charge is 0.0159 e. The van der Waals surface area contributed by atoms with Crippen LogP contribution in [0.1, 0.15) is 33.6 Å². The van der Waals surface area contributed by atoms with E-state index >= 15 is 0 Å². The summed E-state index contributed by atoms with van der Waals surface area (Å²) < 4.78 is 0. The van der Waals surface area contributed by atoms with Gasteiger partial charge in [-0.25, -0.2) is 0 Å². The predicted molar refractivity (Wildman–Crippen MR) is 42.6 cm³/mol. The molecule has 2 saturated carbocycles. The van der Waals surface area contributed by atoms with Crippen molar-refractivity contribution in [1.82, 2.24) is 0 Å². The lowest BCUT2D eigenvalue weighted by molar-refractivity contribution is 0.138. The fourth-order valence-corrected chi connectivity index (χ4v) is 2.95. The standard InChI is InChI=1S/C9H17N/c1-6-4-9(5-6)7(10)8(9,2)3/h6-7H,4-5,10H2,1-3H3. The maximum atomic E-state index is 6.00. The lowest BCUT2D eigenvalue weighted by Gasteiger charge is -2.36. The highest BCUT2D eigenvalue weighted by atomic mass is 14.9. The molecular formula is C9H17N. The van der Waals surface area contributed by atoms with Gasteiger partial charge < -0.3 is 5.73 Å². The van der Waals surface area contributed by atoms with Gasteiger partial charge in [-0.3, -0.25) is 0 Å². The Bertz CT molecular complexity index is 166. The molecule has 2 rings (SSSR count). The van der Waals surface area contributed by atoms with Crippen molar-refractivity contribution in [2.24, 2.45) is 22.5 Å². The fourth-order valence-electron chi connectivity index (χ4n) is 2.95. The van der Waals surface area contributed by atoms with E-state index in [1.165, 1.54) is 12.8 Å². The van der Waals surface area contributed by atoms with Gasteiger partial charge in [-0.05, 0) is 29.6 Å². The first-order valence-electron chi connectivity index (χ1n) is 4.26. The minimum atomic E-state index is 0.458. The quantitative estimate of drug-likeness (QED) is 0.544. The van der Waals surface area contributed by atoms with Crippen LogP contribution < -0.4 is 5.73 Å². The molecule has 0 bridgehead atoms. The van der Waals surface area contributed by atoms with Gasteiger partial charge in [0, 0.05) is 6.04 Å². The molecule has 0 saturated heterocycles. The monoisotopic (exact) mass is 139 g/mol. The summed E-state index contributed by atoms with van der Waals surface area (Å²) in [6, 6.07) is 0.496. The van der Waals surface area contributed by atoms with E-state index in [1.807, 2.05) is 0 Å². The van der Waals surface area contributed by atoms with E-state index in [0.717, 1.165) is 5.92 Å². The fraction of sp³-hybridized carbons (Fsp3) is 1.00. The van der Waals surface area contributed by atoms with Crippen molar-refractivity contribution in [3.63, 3.8) is 0 Å². The second-order valence-electron chi connectivity index (χ2n) is 4.87. The summed E-state index contributed by atoms with van der Waals surface area (Å²) in [4.78, 5) is 0. The molecule has 10 heavy (non-hydrogen) atoms. The third-order valence-electron chi connectivity index (χ3n) is 4.00. The van der Waals surface area contributed by atoms with Crippen LogP contribution >= 0.6 is 0 Å². The van der Waals surface area contributed by atoms with Gasteiger partial charge in [0.1, 0.15) is 0 Å². The van der Waals surface area contributed by atoms with Gasteiger partial charge in [-0.1, -0.05) is 20.8 Å². The zero-order valence-electron chi connectivity index (χ0n) is 7.15. The molecule has 1 atom stereocenters. The zero-order valence-corrected chi connectivity index (χ0v) is 7.15. The SMILES string of the molecule is CC1CC2(C1)C(N)C2(C)C. The highest BCUT2D eigenvalue weighted by Gasteiger charge is 2.72. The van der Waals surface area contributed by atoms with Gasteiger partial charge in [0.25, 0.3) is 0 Å². The Kier molecular flexibility index (Phi) is 0.949. The van der Waals surface area contributed by atoms with Crippen LogP contribution in [0.4, 0.5) is 0 Å². The Balaban J connectivity index is 2.11. The van der Waals surface area contributed by atoms with Gasteiger partial charge in [-0.2, -0.15) is 0 Å². The van der Waals surface area contributed by atoms with Gasteiger partial charge in [0.2, 0.25) is 0 Å².